The quantitative estimate of drug-likeness (QED) is 0.352. The second-order valence-electron chi connectivity index (χ2n) is 10.6. The number of fused-ring (bicyclic) bond motifs is 4. The topological polar surface area (TPSA) is 108 Å². The van der Waals surface area contributed by atoms with Gasteiger partial charge in [-0.05, 0) is 72.5 Å². The van der Waals surface area contributed by atoms with E-state index in [0.717, 1.165) is 27.9 Å². The van der Waals surface area contributed by atoms with Gasteiger partial charge in [0.1, 0.15) is 11.5 Å². The van der Waals surface area contributed by atoms with E-state index in [1.54, 1.807) is 55.2 Å². The lowest BCUT2D eigenvalue weighted by Gasteiger charge is -2.50. The molecule has 6 rings (SSSR count). The molecular formula is C30H34N4O5S. The number of hydrogen-bond donors (Lipinski definition) is 2. The lowest BCUT2D eigenvalue weighted by atomic mass is 9.68. The number of aromatic amines is 1. The summed E-state index contributed by atoms with van der Waals surface area (Å²) in [5, 5.41) is 11.7. The number of ether oxygens (including phenoxy) is 2. The third kappa shape index (κ3) is 4.54. The van der Waals surface area contributed by atoms with E-state index in [0.29, 0.717) is 44.8 Å². The fourth-order valence-corrected chi connectivity index (χ4v) is 7.90. The van der Waals surface area contributed by atoms with Gasteiger partial charge in [-0.25, -0.2) is 8.42 Å². The molecule has 210 valence electrons. The first-order valence-electron chi connectivity index (χ1n) is 13.5. The van der Waals surface area contributed by atoms with E-state index in [2.05, 4.69) is 20.9 Å². The number of methoxy groups -OCH3 is 2. The molecule has 1 saturated heterocycles. The Balaban J connectivity index is 1.38. The van der Waals surface area contributed by atoms with Crippen molar-refractivity contribution in [3.8, 4) is 11.5 Å². The van der Waals surface area contributed by atoms with Gasteiger partial charge in [-0.2, -0.15) is 4.31 Å². The Morgan fingerprint density at radius 3 is 2.33 bits per heavy atom. The van der Waals surface area contributed by atoms with Crippen LogP contribution < -0.4 is 9.47 Å². The summed E-state index contributed by atoms with van der Waals surface area (Å²) in [7, 11) is -0.431. The van der Waals surface area contributed by atoms with Crippen molar-refractivity contribution in [2.75, 3.05) is 40.5 Å². The molecule has 0 amide bonds. The molecule has 4 heterocycles. The van der Waals surface area contributed by atoms with Gasteiger partial charge in [0.2, 0.25) is 10.0 Å². The number of aliphatic hydroxyl groups is 1. The van der Waals surface area contributed by atoms with Crippen molar-refractivity contribution >= 4 is 20.9 Å². The van der Waals surface area contributed by atoms with Gasteiger partial charge in [0.15, 0.2) is 0 Å². The summed E-state index contributed by atoms with van der Waals surface area (Å²) in [5.41, 5.74) is 3.98. The minimum atomic E-state index is -3.64. The molecular weight excluding hydrogens is 528 g/mol. The molecule has 1 fully saturated rings. The minimum absolute atomic E-state index is 0.0317. The number of benzene rings is 2. The smallest absolute Gasteiger partial charge is 0.243 e. The standard InChI is InChI=1S/C30H34N4O5S/c1-38-22-3-6-24(7-4-22)40(36,37)34-15-11-30(12-16-34)20-33(18-21-9-13-31-14-10-21)27(19-35)29-28(30)25-8-5-23(39-2)17-26(25)32-29/h3-10,13-14,17,27,32,35H,11-12,15-16,18-20H2,1-2H3/t27-/m0/s1. The lowest BCUT2D eigenvalue weighted by Crippen LogP contribution is -2.54. The Bertz CT molecular complexity index is 1600. The van der Waals surface area contributed by atoms with E-state index in [-0.39, 0.29) is 23.0 Å². The highest BCUT2D eigenvalue weighted by Gasteiger charge is 2.48. The van der Waals surface area contributed by atoms with Gasteiger partial charge in [0.05, 0.1) is 31.8 Å². The third-order valence-corrected chi connectivity index (χ3v) is 10.4. The summed E-state index contributed by atoms with van der Waals surface area (Å²) in [5.74, 6) is 1.38. The maximum Gasteiger partial charge on any atom is 0.243 e. The molecule has 0 unspecified atom stereocenters. The van der Waals surface area contributed by atoms with Gasteiger partial charge in [-0.3, -0.25) is 9.88 Å². The van der Waals surface area contributed by atoms with Crippen LogP contribution in [0.15, 0.2) is 71.9 Å². The summed E-state index contributed by atoms with van der Waals surface area (Å²) in [4.78, 5) is 10.4. The van der Waals surface area contributed by atoms with Crippen LogP contribution >= 0.6 is 0 Å². The highest BCUT2D eigenvalue weighted by Crippen LogP contribution is 2.49. The number of aromatic nitrogens is 2. The van der Waals surface area contributed by atoms with Crippen LogP contribution in [0, 0.1) is 0 Å². The molecule has 2 aromatic heterocycles. The first-order valence-corrected chi connectivity index (χ1v) is 14.9. The highest BCUT2D eigenvalue weighted by atomic mass is 32.2. The molecule has 0 saturated carbocycles. The van der Waals surface area contributed by atoms with Crippen LogP contribution in [-0.2, 0) is 22.0 Å². The summed E-state index contributed by atoms with van der Waals surface area (Å²) in [6.07, 6.45) is 4.90. The van der Waals surface area contributed by atoms with Crippen LogP contribution in [0.4, 0.5) is 0 Å². The van der Waals surface area contributed by atoms with Crippen molar-refractivity contribution in [2.45, 2.75) is 35.7 Å². The van der Waals surface area contributed by atoms with Crippen molar-refractivity contribution in [3.05, 3.63) is 83.8 Å². The number of nitrogens with zero attached hydrogens (tertiary/aromatic N) is 3. The van der Waals surface area contributed by atoms with Gasteiger partial charge in [0.25, 0.3) is 0 Å². The predicted molar refractivity (Wildman–Crippen MR) is 152 cm³/mol. The first-order chi connectivity index (χ1) is 19.4. The number of aliphatic hydroxyl groups excluding tert-OH is 1. The summed E-state index contributed by atoms with van der Waals surface area (Å²) in [6.45, 7) is 2.15. The maximum atomic E-state index is 13.6. The van der Waals surface area contributed by atoms with Crippen LogP contribution in [0.2, 0.25) is 0 Å². The van der Waals surface area contributed by atoms with Crippen LogP contribution in [0.3, 0.4) is 0 Å². The van der Waals surface area contributed by atoms with Gasteiger partial charge in [-0.15, -0.1) is 0 Å². The van der Waals surface area contributed by atoms with Crippen LogP contribution in [0.5, 0.6) is 11.5 Å². The molecule has 0 radical (unpaired) electrons. The highest BCUT2D eigenvalue weighted by molar-refractivity contribution is 7.89. The Morgan fingerprint density at radius 2 is 1.68 bits per heavy atom. The Hall–Kier alpha value is -3.44. The van der Waals surface area contributed by atoms with Crippen molar-refractivity contribution in [3.63, 3.8) is 0 Å². The zero-order chi connectivity index (χ0) is 27.9. The molecule has 9 nitrogen and oxygen atoms in total. The van der Waals surface area contributed by atoms with Gasteiger partial charge >= 0.3 is 0 Å². The first kappa shape index (κ1) is 26.8. The molecule has 2 aliphatic rings. The minimum Gasteiger partial charge on any atom is -0.497 e. The molecule has 1 atom stereocenters. The summed E-state index contributed by atoms with van der Waals surface area (Å²) in [6, 6.07) is 16.4. The molecule has 1 spiro atoms. The van der Waals surface area contributed by atoms with Crippen molar-refractivity contribution in [1.29, 1.82) is 0 Å². The summed E-state index contributed by atoms with van der Waals surface area (Å²) >= 11 is 0. The number of rotatable bonds is 7. The number of pyridine rings is 1. The average Bonchev–Trinajstić information content (AvgIpc) is 3.37. The molecule has 2 N–H and O–H groups in total. The van der Waals surface area contributed by atoms with Crippen LogP contribution in [0.25, 0.3) is 10.9 Å². The number of nitrogens with one attached hydrogen (secondary N) is 1. The Morgan fingerprint density at radius 1 is 1.00 bits per heavy atom. The molecule has 4 aromatic rings. The van der Waals surface area contributed by atoms with Crippen molar-refractivity contribution in [2.24, 2.45) is 0 Å². The van der Waals surface area contributed by atoms with E-state index in [4.69, 9.17) is 9.47 Å². The second-order valence-corrected chi connectivity index (χ2v) is 12.6. The monoisotopic (exact) mass is 562 g/mol. The predicted octanol–water partition coefficient (Wildman–Crippen LogP) is 3.85. The SMILES string of the molecule is COc1ccc(S(=O)(=O)N2CCC3(CC2)CN(Cc2ccncc2)[C@@H](CO)c2[nH]c4cc(OC)ccc4c23)cc1. The number of sulfonamides is 1. The Labute approximate surface area is 234 Å². The van der Waals surface area contributed by atoms with E-state index >= 15 is 0 Å². The maximum absolute atomic E-state index is 13.6. The molecule has 2 aromatic carbocycles. The lowest BCUT2D eigenvalue weighted by molar-refractivity contribution is 0.0535. The van der Waals surface area contributed by atoms with Gasteiger partial charge < -0.3 is 19.6 Å². The second kappa shape index (κ2) is 10.5. The summed E-state index contributed by atoms with van der Waals surface area (Å²) < 4.78 is 39.4. The van der Waals surface area contributed by atoms with Crippen molar-refractivity contribution in [1.82, 2.24) is 19.2 Å². The van der Waals surface area contributed by atoms with E-state index in [9.17, 15) is 13.5 Å². The van der Waals surface area contributed by atoms with Gasteiger partial charge in [0, 0.05) is 66.7 Å². The zero-order valence-electron chi connectivity index (χ0n) is 22.7. The van der Waals surface area contributed by atoms with Crippen LogP contribution in [-0.4, -0.2) is 73.2 Å². The number of piperidine rings is 1. The number of H-pyrrole nitrogens is 1. The van der Waals surface area contributed by atoms with E-state index < -0.39 is 10.0 Å². The molecule has 0 aliphatic carbocycles. The van der Waals surface area contributed by atoms with E-state index in [1.165, 1.54) is 5.56 Å². The zero-order valence-corrected chi connectivity index (χ0v) is 23.5. The fourth-order valence-electron chi connectivity index (χ4n) is 6.46. The van der Waals surface area contributed by atoms with E-state index in [1.807, 2.05) is 24.3 Å². The third-order valence-electron chi connectivity index (χ3n) is 8.53. The molecule has 0 bridgehead atoms. The molecule has 40 heavy (non-hydrogen) atoms. The number of hydrogen-bond acceptors (Lipinski definition) is 7. The van der Waals surface area contributed by atoms with Crippen molar-refractivity contribution < 1.29 is 23.0 Å². The van der Waals surface area contributed by atoms with Gasteiger partial charge in [-0.1, -0.05) is 0 Å². The average molecular weight is 563 g/mol. The van der Waals surface area contributed by atoms with Crippen LogP contribution in [0.1, 0.15) is 35.7 Å². The Kier molecular flexibility index (Phi) is 7.03. The largest absolute Gasteiger partial charge is 0.497 e. The molecule has 10 heteroatoms. The molecule has 2 aliphatic heterocycles. The fraction of sp³-hybridized carbons (Fsp3) is 0.367. The normalized spacial score (nSPS) is 19.5.